The van der Waals surface area contributed by atoms with Crippen LogP contribution in [0.5, 0.6) is 5.75 Å². The SMILES string of the molecule is C=CC1CCC(c2ccc3cc(O)ccc3c2)CC1. The quantitative estimate of drug-likeness (QED) is 0.745. The number of phenolic OH excluding ortho intramolecular Hbond substituents is 1. The molecule has 1 aliphatic rings. The smallest absolute Gasteiger partial charge is 0.116 e. The fourth-order valence-corrected chi connectivity index (χ4v) is 3.19. The number of fused-ring (bicyclic) bond motifs is 1. The number of hydrogen-bond acceptors (Lipinski definition) is 1. The summed E-state index contributed by atoms with van der Waals surface area (Å²) in [6.07, 6.45) is 7.17. The van der Waals surface area contributed by atoms with Gasteiger partial charge in [0, 0.05) is 0 Å². The van der Waals surface area contributed by atoms with Gasteiger partial charge in [-0.25, -0.2) is 0 Å². The van der Waals surface area contributed by atoms with Crippen molar-refractivity contribution in [3.05, 3.63) is 54.6 Å². The number of hydrogen-bond donors (Lipinski definition) is 1. The minimum Gasteiger partial charge on any atom is -0.508 e. The van der Waals surface area contributed by atoms with Crippen LogP contribution in [-0.4, -0.2) is 5.11 Å². The molecule has 1 aliphatic carbocycles. The van der Waals surface area contributed by atoms with Crippen molar-refractivity contribution >= 4 is 10.8 Å². The molecule has 0 radical (unpaired) electrons. The van der Waals surface area contributed by atoms with Crippen LogP contribution in [0.2, 0.25) is 0 Å². The largest absolute Gasteiger partial charge is 0.508 e. The molecule has 2 aromatic carbocycles. The molecule has 1 nitrogen and oxygen atoms in total. The van der Waals surface area contributed by atoms with E-state index in [1.54, 1.807) is 6.07 Å². The van der Waals surface area contributed by atoms with E-state index in [0.29, 0.717) is 17.6 Å². The number of rotatable bonds is 2. The Morgan fingerprint density at radius 2 is 1.63 bits per heavy atom. The highest BCUT2D eigenvalue weighted by atomic mass is 16.3. The predicted octanol–water partition coefficient (Wildman–Crippen LogP) is 5.01. The Labute approximate surface area is 114 Å². The molecule has 0 bridgehead atoms. The zero-order chi connectivity index (χ0) is 13.2. The van der Waals surface area contributed by atoms with Crippen molar-refractivity contribution in [1.29, 1.82) is 0 Å². The zero-order valence-corrected chi connectivity index (χ0v) is 11.2. The van der Waals surface area contributed by atoms with E-state index in [1.807, 2.05) is 12.1 Å². The Kier molecular flexibility index (Phi) is 3.29. The van der Waals surface area contributed by atoms with Crippen LogP contribution >= 0.6 is 0 Å². The van der Waals surface area contributed by atoms with Crippen LogP contribution in [0, 0.1) is 5.92 Å². The number of allylic oxidation sites excluding steroid dienone is 1. The Morgan fingerprint density at radius 1 is 0.947 bits per heavy atom. The third-order valence-electron chi connectivity index (χ3n) is 4.42. The minimum atomic E-state index is 0.340. The normalized spacial score (nSPS) is 23.4. The third kappa shape index (κ3) is 2.51. The van der Waals surface area contributed by atoms with Gasteiger partial charge in [-0.1, -0.05) is 30.3 Å². The van der Waals surface area contributed by atoms with E-state index in [1.165, 1.54) is 36.6 Å². The molecule has 0 saturated heterocycles. The van der Waals surface area contributed by atoms with Gasteiger partial charge in [0.25, 0.3) is 0 Å². The lowest BCUT2D eigenvalue weighted by Gasteiger charge is -2.27. The molecule has 1 heteroatoms. The summed E-state index contributed by atoms with van der Waals surface area (Å²) < 4.78 is 0. The van der Waals surface area contributed by atoms with E-state index < -0.39 is 0 Å². The van der Waals surface area contributed by atoms with Crippen LogP contribution in [0.4, 0.5) is 0 Å². The second-order valence-corrected chi connectivity index (χ2v) is 5.64. The molecule has 0 heterocycles. The van der Waals surface area contributed by atoms with Gasteiger partial charge in [-0.15, -0.1) is 6.58 Å². The van der Waals surface area contributed by atoms with E-state index in [4.69, 9.17) is 0 Å². The average molecular weight is 252 g/mol. The Hall–Kier alpha value is -1.76. The Morgan fingerprint density at radius 3 is 2.37 bits per heavy atom. The molecule has 19 heavy (non-hydrogen) atoms. The van der Waals surface area contributed by atoms with E-state index in [-0.39, 0.29) is 0 Å². The molecule has 1 saturated carbocycles. The van der Waals surface area contributed by atoms with Crippen LogP contribution in [0.3, 0.4) is 0 Å². The van der Waals surface area contributed by atoms with Crippen molar-refractivity contribution in [1.82, 2.24) is 0 Å². The minimum absolute atomic E-state index is 0.340. The van der Waals surface area contributed by atoms with Crippen LogP contribution in [-0.2, 0) is 0 Å². The van der Waals surface area contributed by atoms with Gasteiger partial charge in [0.2, 0.25) is 0 Å². The summed E-state index contributed by atoms with van der Waals surface area (Å²) in [4.78, 5) is 0. The van der Waals surface area contributed by atoms with Gasteiger partial charge in [0.1, 0.15) is 5.75 Å². The third-order valence-corrected chi connectivity index (χ3v) is 4.42. The molecule has 98 valence electrons. The first kappa shape index (κ1) is 12.3. The molecule has 1 N–H and O–H groups in total. The number of aromatic hydroxyl groups is 1. The van der Waals surface area contributed by atoms with Crippen molar-refractivity contribution in [2.75, 3.05) is 0 Å². The predicted molar refractivity (Wildman–Crippen MR) is 80.5 cm³/mol. The Bertz CT molecular complexity index is 592. The van der Waals surface area contributed by atoms with Gasteiger partial charge in [-0.3, -0.25) is 0 Å². The van der Waals surface area contributed by atoms with Crippen molar-refractivity contribution in [2.24, 2.45) is 5.92 Å². The lowest BCUT2D eigenvalue weighted by Crippen LogP contribution is -2.11. The molecule has 0 spiro atoms. The first-order valence-corrected chi connectivity index (χ1v) is 7.11. The van der Waals surface area contributed by atoms with Crippen LogP contribution in [0.15, 0.2) is 49.1 Å². The van der Waals surface area contributed by atoms with Crippen molar-refractivity contribution in [3.63, 3.8) is 0 Å². The molecule has 1 fully saturated rings. The molecule has 2 aromatic rings. The number of benzene rings is 2. The molecule has 0 aliphatic heterocycles. The maximum absolute atomic E-state index is 9.50. The zero-order valence-electron chi connectivity index (χ0n) is 11.2. The van der Waals surface area contributed by atoms with Gasteiger partial charge in [-0.05, 0) is 66.0 Å². The lowest BCUT2D eigenvalue weighted by molar-refractivity contribution is 0.376. The first-order chi connectivity index (χ1) is 9.26. The molecule has 0 atom stereocenters. The fraction of sp³-hybridized carbons (Fsp3) is 0.333. The molecule has 0 amide bonds. The van der Waals surface area contributed by atoms with Gasteiger partial charge < -0.3 is 5.11 Å². The van der Waals surface area contributed by atoms with E-state index >= 15 is 0 Å². The van der Waals surface area contributed by atoms with Crippen LogP contribution in [0.1, 0.15) is 37.2 Å². The molecular weight excluding hydrogens is 232 g/mol. The van der Waals surface area contributed by atoms with Gasteiger partial charge in [-0.2, -0.15) is 0 Å². The summed E-state index contributed by atoms with van der Waals surface area (Å²) in [6.45, 7) is 3.91. The highest BCUT2D eigenvalue weighted by Crippen LogP contribution is 2.37. The van der Waals surface area contributed by atoms with Crippen molar-refractivity contribution < 1.29 is 5.11 Å². The average Bonchev–Trinajstić information content (AvgIpc) is 2.47. The monoisotopic (exact) mass is 252 g/mol. The van der Waals surface area contributed by atoms with E-state index in [9.17, 15) is 5.11 Å². The van der Waals surface area contributed by atoms with Crippen molar-refractivity contribution in [2.45, 2.75) is 31.6 Å². The second kappa shape index (κ2) is 5.08. The molecule has 0 aromatic heterocycles. The summed E-state index contributed by atoms with van der Waals surface area (Å²) in [5.41, 5.74) is 1.45. The van der Waals surface area contributed by atoms with Gasteiger partial charge >= 0.3 is 0 Å². The highest BCUT2D eigenvalue weighted by molar-refractivity contribution is 5.84. The molecule has 3 rings (SSSR count). The fourth-order valence-electron chi connectivity index (χ4n) is 3.19. The highest BCUT2D eigenvalue weighted by Gasteiger charge is 2.20. The summed E-state index contributed by atoms with van der Waals surface area (Å²) in [6, 6.07) is 12.2. The maximum atomic E-state index is 9.50. The standard InChI is InChI=1S/C18H20O/c1-2-13-3-5-14(6-4-13)15-7-8-17-12-18(19)10-9-16(17)11-15/h2,7-14,19H,1,3-6H2. The van der Waals surface area contributed by atoms with E-state index in [2.05, 4.69) is 30.9 Å². The number of phenols is 1. The molecular formula is C18H20O. The maximum Gasteiger partial charge on any atom is 0.116 e. The lowest BCUT2D eigenvalue weighted by atomic mass is 9.78. The molecule has 0 unspecified atom stereocenters. The first-order valence-electron chi connectivity index (χ1n) is 7.11. The Balaban J connectivity index is 1.85. The van der Waals surface area contributed by atoms with Gasteiger partial charge in [0.15, 0.2) is 0 Å². The summed E-state index contributed by atoms with van der Waals surface area (Å²) in [5, 5.41) is 11.8. The van der Waals surface area contributed by atoms with Crippen LogP contribution in [0.25, 0.3) is 10.8 Å². The van der Waals surface area contributed by atoms with Crippen LogP contribution < -0.4 is 0 Å². The van der Waals surface area contributed by atoms with E-state index in [0.717, 1.165) is 5.39 Å². The summed E-state index contributed by atoms with van der Waals surface area (Å²) in [7, 11) is 0. The van der Waals surface area contributed by atoms with Crippen molar-refractivity contribution in [3.8, 4) is 5.75 Å². The summed E-state index contributed by atoms with van der Waals surface area (Å²) >= 11 is 0. The van der Waals surface area contributed by atoms with Gasteiger partial charge in [0.05, 0.1) is 0 Å². The second-order valence-electron chi connectivity index (χ2n) is 5.64. The topological polar surface area (TPSA) is 20.2 Å². The summed E-state index contributed by atoms with van der Waals surface area (Å²) in [5.74, 6) is 1.75.